The molecule has 2 fully saturated rings. The molecule has 0 aliphatic carbocycles. The molecule has 2 aliphatic heterocycles. The van der Waals surface area contributed by atoms with Gasteiger partial charge in [-0.25, -0.2) is 4.79 Å². The third kappa shape index (κ3) is 2.58. The van der Waals surface area contributed by atoms with Crippen LogP contribution in [-0.4, -0.2) is 56.1 Å². The number of ether oxygens (including phenoxy) is 3. The van der Waals surface area contributed by atoms with Crippen LogP contribution in [0.3, 0.4) is 0 Å². The van der Waals surface area contributed by atoms with Crippen molar-refractivity contribution in [1.82, 2.24) is 4.90 Å². The van der Waals surface area contributed by atoms with Crippen LogP contribution >= 0.6 is 0 Å². The Morgan fingerprint density at radius 1 is 0.963 bits per heavy atom. The Hall–Kier alpha value is -2.90. The van der Waals surface area contributed by atoms with Crippen molar-refractivity contribution in [2.24, 2.45) is 11.8 Å². The smallest absolute Gasteiger partial charge is 0.328 e. The molecule has 0 unspecified atom stereocenters. The lowest BCUT2D eigenvalue weighted by Gasteiger charge is -2.37. The number of carbonyl (C=O) groups excluding carboxylic acids is 4. The molecule has 1 amide bonds. The molecule has 144 valence electrons. The van der Waals surface area contributed by atoms with Crippen LogP contribution in [-0.2, 0) is 38.9 Å². The highest BCUT2D eigenvalue weighted by atomic mass is 16.5. The van der Waals surface area contributed by atoms with Crippen molar-refractivity contribution >= 4 is 23.8 Å². The quantitative estimate of drug-likeness (QED) is 0.432. The van der Waals surface area contributed by atoms with Gasteiger partial charge in [-0.05, 0) is 18.4 Å². The van der Waals surface area contributed by atoms with E-state index in [9.17, 15) is 19.2 Å². The fraction of sp³-hybridized carbons (Fsp3) is 0.474. The van der Waals surface area contributed by atoms with E-state index in [0.717, 1.165) is 7.11 Å². The molecule has 0 radical (unpaired) electrons. The first-order valence-corrected chi connectivity index (χ1v) is 8.56. The van der Waals surface area contributed by atoms with Crippen molar-refractivity contribution in [3.63, 3.8) is 0 Å². The van der Waals surface area contributed by atoms with Crippen LogP contribution in [0.15, 0.2) is 30.3 Å². The van der Waals surface area contributed by atoms with Crippen LogP contribution in [0.25, 0.3) is 0 Å². The summed E-state index contributed by atoms with van der Waals surface area (Å²) in [5, 5.41) is 0. The van der Waals surface area contributed by atoms with Crippen molar-refractivity contribution in [2.75, 3.05) is 21.3 Å². The number of methoxy groups -OCH3 is 3. The standard InChI is InChI=1S/C19H21NO7/c1-25-16(22)12-9-10-19(11-7-5-4-6-8-11)14(18(24)27-3)13(17(23)26-2)15(21)20(12)19/h4-8,12-14H,9-10H2,1-3H3/t12-,13-,14+,19+/m1/s1. The molecule has 0 bridgehead atoms. The van der Waals surface area contributed by atoms with Gasteiger partial charge in [0.2, 0.25) is 5.91 Å². The predicted molar refractivity (Wildman–Crippen MR) is 91.0 cm³/mol. The number of fused-ring (bicyclic) bond motifs is 1. The number of hydrogen-bond donors (Lipinski definition) is 0. The second-order valence-electron chi connectivity index (χ2n) is 6.58. The molecule has 3 rings (SSSR count). The van der Waals surface area contributed by atoms with Gasteiger partial charge < -0.3 is 19.1 Å². The van der Waals surface area contributed by atoms with E-state index in [2.05, 4.69) is 0 Å². The summed E-state index contributed by atoms with van der Waals surface area (Å²) in [5.41, 5.74) is -0.519. The number of rotatable bonds is 4. The van der Waals surface area contributed by atoms with Gasteiger partial charge in [0.25, 0.3) is 0 Å². The first-order valence-electron chi connectivity index (χ1n) is 8.56. The zero-order chi connectivity index (χ0) is 19.8. The van der Waals surface area contributed by atoms with Gasteiger partial charge in [0, 0.05) is 0 Å². The van der Waals surface area contributed by atoms with Crippen LogP contribution in [0, 0.1) is 11.8 Å². The van der Waals surface area contributed by atoms with E-state index in [1.165, 1.54) is 19.1 Å². The van der Waals surface area contributed by atoms with Gasteiger partial charge in [0.1, 0.15) is 12.0 Å². The molecule has 0 spiro atoms. The van der Waals surface area contributed by atoms with Gasteiger partial charge >= 0.3 is 17.9 Å². The third-order valence-electron chi connectivity index (χ3n) is 5.55. The van der Waals surface area contributed by atoms with E-state index < -0.39 is 47.2 Å². The Morgan fingerprint density at radius 2 is 1.56 bits per heavy atom. The number of carbonyl (C=O) groups is 4. The normalized spacial score (nSPS) is 29.2. The Labute approximate surface area is 156 Å². The lowest BCUT2D eigenvalue weighted by Crippen LogP contribution is -2.49. The van der Waals surface area contributed by atoms with Crippen molar-refractivity contribution in [2.45, 2.75) is 24.4 Å². The first-order chi connectivity index (χ1) is 12.9. The molecule has 0 saturated carbocycles. The van der Waals surface area contributed by atoms with Crippen molar-refractivity contribution in [3.8, 4) is 0 Å². The fourth-order valence-electron chi connectivity index (χ4n) is 4.48. The highest BCUT2D eigenvalue weighted by Crippen LogP contribution is 2.56. The first kappa shape index (κ1) is 18.9. The van der Waals surface area contributed by atoms with Gasteiger partial charge in [-0.1, -0.05) is 30.3 Å². The maximum atomic E-state index is 13.2. The van der Waals surface area contributed by atoms with Crippen LogP contribution in [0.2, 0.25) is 0 Å². The van der Waals surface area contributed by atoms with E-state index in [1.807, 2.05) is 0 Å². The van der Waals surface area contributed by atoms with Gasteiger partial charge in [-0.15, -0.1) is 0 Å². The largest absolute Gasteiger partial charge is 0.469 e. The fourth-order valence-corrected chi connectivity index (χ4v) is 4.48. The number of benzene rings is 1. The van der Waals surface area contributed by atoms with Crippen LogP contribution in [0.4, 0.5) is 0 Å². The Morgan fingerprint density at radius 3 is 2.11 bits per heavy atom. The van der Waals surface area contributed by atoms with E-state index in [1.54, 1.807) is 30.3 Å². The van der Waals surface area contributed by atoms with Crippen LogP contribution in [0.5, 0.6) is 0 Å². The molecule has 8 heteroatoms. The minimum Gasteiger partial charge on any atom is -0.469 e. The molecule has 4 atom stereocenters. The monoisotopic (exact) mass is 375 g/mol. The summed E-state index contributed by atoms with van der Waals surface area (Å²) in [6, 6.07) is 8.02. The average Bonchev–Trinajstić information content (AvgIpc) is 3.22. The Balaban J connectivity index is 2.25. The molecule has 0 aromatic heterocycles. The number of hydrogen-bond acceptors (Lipinski definition) is 7. The molecule has 2 heterocycles. The molecular weight excluding hydrogens is 354 g/mol. The molecule has 2 saturated heterocycles. The summed E-state index contributed by atoms with van der Waals surface area (Å²) in [4.78, 5) is 52.0. The summed E-state index contributed by atoms with van der Waals surface area (Å²) in [5.74, 6) is -5.25. The average molecular weight is 375 g/mol. The lowest BCUT2D eigenvalue weighted by molar-refractivity contribution is -0.160. The van der Waals surface area contributed by atoms with Gasteiger partial charge in [-0.3, -0.25) is 14.4 Å². The SMILES string of the molecule is COC(=O)[C@H]1C(=O)N2[C@@H](C(=O)OC)CC[C@]2(c2ccccc2)[C@@H]1C(=O)OC. The summed E-state index contributed by atoms with van der Waals surface area (Å²) in [6.45, 7) is 0. The molecule has 1 aromatic rings. The zero-order valence-corrected chi connectivity index (χ0v) is 15.3. The maximum Gasteiger partial charge on any atom is 0.328 e. The summed E-state index contributed by atoms with van der Waals surface area (Å²) in [7, 11) is 3.59. The van der Waals surface area contributed by atoms with E-state index in [0.29, 0.717) is 18.4 Å². The van der Waals surface area contributed by atoms with Crippen molar-refractivity contribution in [3.05, 3.63) is 35.9 Å². The van der Waals surface area contributed by atoms with E-state index in [-0.39, 0.29) is 0 Å². The highest BCUT2D eigenvalue weighted by Gasteiger charge is 2.70. The Kier molecular flexibility index (Phi) is 4.91. The highest BCUT2D eigenvalue weighted by molar-refractivity contribution is 6.06. The molecule has 1 aromatic carbocycles. The summed E-state index contributed by atoms with van der Waals surface area (Å²) < 4.78 is 14.6. The van der Waals surface area contributed by atoms with Gasteiger partial charge in [0.05, 0.1) is 26.9 Å². The second kappa shape index (κ2) is 7.02. The van der Waals surface area contributed by atoms with Crippen molar-refractivity contribution < 1.29 is 33.4 Å². The van der Waals surface area contributed by atoms with E-state index >= 15 is 0 Å². The molecule has 0 N–H and O–H groups in total. The number of esters is 3. The van der Waals surface area contributed by atoms with Crippen LogP contribution in [0.1, 0.15) is 18.4 Å². The third-order valence-corrected chi connectivity index (χ3v) is 5.55. The van der Waals surface area contributed by atoms with E-state index in [4.69, 9.17) is 14.2 Å². The molecular formula is C19H21NO7. The Bertz CT molecular complexity index is 778. The minimum absolute atomic E-state index is 0.314. The number of nitrogens with zero attached hydrogens (tertiary/aromatic N) is 1. The molecule has 27 heavy (non-hydrogen) atoms. The summed E-state index contributed by atoms with van der Waals surface area (Å²) >= 11 is 0. The second-order valence-corrected chi connectivity index (χ2v) is 6.58. The van der Waals surface area contributed by atoms with Crippen LogP contribution < -0.4 is 0 Å². The molecule has 2 aliphatic rings. The van der Waals surface area contributed by atoms with Crippen molar-refractivity contribution in [1.29, 1.82) is 0 Å². The molecule has 8 nitrogen and oxygen atoms in total. The number of amides is 1. The maximum absolute atomic E-state index is 13.2. The predicted octanol–water partition coefficient (Wildman–Crippen LogP) is 0.638. The topological polar surface area (TPSA) is 99.2 Å². The zero-order valence-electron chi connectivity index (χ0n) is 15.3. The van der Waals surface area contributed by atoms with Gasteiger partial charge in [0.15, 0.2) is 5.92 Å². The lowest BCUT2D eigenvalue weighted by atomic mass is 9.73. The van der Waals surface area contributed by atoms with Gasteiger partial charge in [-0.2, -0.15) is 0 Å². The summed E-state index contributed by atoms with van der Waals surface area (Å²) in [6.07, 6.45) is 0.629. The minimum atomic E-state index is -1.38.